The number of aliphatic carboxylic acids is 1. The molecule has 0 amide bonds. The van der Waals surface area contributed by atoms with Crippen LogP contribution in [0.1, 0.15) is 12.0 Å². The van der Waals surface area contributed by atoms with E-state index in [0.717, 1.165) is 12.1 Å². The second-order valence-electron chi connectivity index (χ2n) is 4.40. The predicted molar refractivity (Wildman–Crippen MR) is 59.2 cm³/mol. The Labute approximate surface area is 102 Å². The van der Waals surface area contributed by atoms with Gasteiger partial charge < -0.3 is 10.4 Å². The summed E-state index contributed by atoms with van der Waals surface area (Å²) < 4.78 is 37.3. The molecule has 0 heterocycles. The van der Waals surface area contributed by atoms with Crippen LogP contribution in [0.15, 0.2) is 24.3 Å². The first kappa shape index (κ1) is 12.7. The molecule has 6 heteroatoms. The number of benzene rings is 1. The van der Waals surface area contributed by atoms with E-state index in [-0.39, 0.29) is 11.8 Å². The maximum Gasteiger partial charge on any atom is 0.416 e. The van der Waals surface area contributed by atoms with Gasteiger partial charge in [-0.1, -0.05) is 6.07 Å². The summed E-state index contributed by atoms with van der Waals surface area (Å²) in [6, 6.07) is 4.89. The molecule has 18 heavy (non-hydrogen) atoms. The Morgan fingerprint density at radius 3 is 2.72 bits per heavy atom. The molecule has 3 nitrogen and oxygen atoms in total. The highest BCUT2D eigenvalue weighted by Crippen LogP contribution is 2.38. The molecular weight excluding hydrogens is 247 g/mol. The third kappa shape index (κ3) is 2.94. The number of carbonyl (C=O) groups is 1. The van der Waals surface area contributed by atoms with Crippen molar-refractivity contribution in [1.82, 2.24) is 0 Å². The average Bonchev–Trinajstić information content (AvgIpc) is 3.05. The minimum Gasteiger partial charge on any atom is -0.481 e. The molecule has 1 aliphatic carbocycles. The van der Waals surface area contributed by atoms with Crippen LogP contribution < -0.4 is 5.32 Å². The SMILES string of the molecule is O=C(O)C1CC1CNc1cccc(C(F)(F)F)c1. The summed E-state index contributed by atoms with van der Waals surface area (Å²) in [6.45, 7) is 0.387. The zero-order valence-corrected chi connectivity index (χ0v) is 9.37. The molecule has 0 aromatic heterocycles. The van der Waals surface area contributed by atoms with Gasteiger partial charge in [-0.05, 0) is 30.5 Å². The number of hydrogen-bond donors (Lipinski definition) is 2. The van der Waals surface area contributed by atoms with Crippen molar-refractivity contribution in [2.24, 2.45) is 11.8 Å². The van der Waals surface area contributed by atoms with Gasteiger partial charge in [0, 0.05) is 12.2 Å². The van der Waals surface area contributed by atoms with Crippen molar-refractivity contribution in [2.75, 3.05) is 11.9 Å². The first-order chi connectivity index (χ1) is 8.38. The molecule has 98 valence electrons. The second kappa shape index (κ2) is 4.51. The Balaban J connectivity index is 1.93. The van der Waals surface area contributed by atoms with Crippen molar-refractivity contribution in [3.63, 3.8) is 0 Å². The summed E-state index contributed by atoms with van der Waals surface area (Å²) in [5.41, 5.74) is -0.348. The zero-order valence-electron chi connectivity index (χ0n) is 9.37. The van der Waals surface area contributed by atoms with Crippen LogP contribution in [0, 0.1) is 11.8 Å². The molecule has 2 rings (SSSR count). The summed E-state index contributed by atoms with van der Waals surface area (Å²) in [5, 5.41) is 11.5. The standard InChI is InChI=1S/C12H12F3NO2/c13-12(14,15)8-2-1-3-9(5-8)16-6-7-4-10(7)11(17)18/h1-3,5,7,10,16H,4,6H2,(H,17,18). The van der Waals surface area contributed by atoms with Gasteiger partial charge in [0.1, 0.15) is 0 Å². The van der Waals surface area contributed by atoms with Gasteiger partial charge in [0.05, 0.1) is 11.5 Å². The number of hydrogen-bond acceptors (Lipinski definition) is 2. The normalized spacial score (nSPS) is 22.6. The monoisotopic (exact) mass is 259 g/mol. The van der Waals surface area contributed by atoms with Gasteiger partial charge in [-0.2, -0.15) is 13.2 Å². The van der Waals surface area contributed by atoms with Gasteiger partial charge in [-0.3, -0.25) is 4.79 Å². The Hall–Kier alpha value is -1.72. The average molecular weight is 259 g/mol. The fraction of sp³-hybridized carbons (Fsp3) is 0.417. The number of alkyl halides is 3. The van der Waals surface area contributed by atoms with Crippen LogP contribution in [0.25, 0.3) is 0 Å². The first-order valence-corrected chi connectivity index (χ1v) is 5.52. The number of carboxylic acid groups (broad SMARTS) is 1. The van der Waals surface area contributed by atoms with Crippen molar-refractivity contribution < 1.29 is 23.1 Å². The minimum atomic E-state index is -4.36. The lowest BCUT2D eigenvalue weighted by atomic mass is 10.2. The fourth-order valence-corrected chi connectivity index (χ4v) is 1.83. The fourth-order valence-electron chi connectivity index (χ4n) is 1.83. The van der Waals surface area contributed by atoms with E-state index in [9.17, 15) is 18.0 Å². The lowest BCUT2D eigenvalue weighted by Gasteiger charge is -2.10. The van der Waals surface area contributed by atoms with E-state index in [1.165, 1.54) is 12.1 Å². The van der Waals surface area contributed by atoms with Gasteiger partial charge in [-0.15, -0.1) is 0 Å². The topological polar surface area (TPSA) is 49.3 Å². The van der Waals surface area contributed by atoms with Crippen LogP contribution in [0.5, 0.6) is 0 Å². The molecule has 2 unspecified atom stereocenters. The van der Waals surface area contributed by atoms with E-state index in [4.69, 9.17) is 5.11 Å². The molecule has 1 aliphatic rings. The van der Waals surface area contributed by atoms with Crippen LogP contribution >= 0.6 is 0 Å². The number of nitrogens with one attached hydrogen (secondary N) is 1. The summed E-state index contributed by atoms with van der Waals surface area (Å²) in [4.78, 5) is 10.6. The first-order valence-electron chi connectivity index (χ1n) is 5.52. The Morgan fingerprint density at radius 2 is 2.17 bits per heavy atom. The van der Waals surface area contributed by atoms with Crippen LogP contribution in [-0.4, -0.2) is 17.6 Å². The van der Waals surface area contributed by atoms with Crippen LogP contribution in [0.3, 0.4) is 0 Å². The van der Waals surface area contributed by atoms with Gasteiger partial charge in [-0.25, -0.2) is 0 Å². The Kier molecular flexibility index (Phi) is 3.19. The van der Waals surface area contributed by atoms with E-state index in [2.05, 4.69) is 5.32 Å². The molecule has 1 aromatic carbocycles. The summed E-state index contributed by atoms with van der Waals surface area (Å²) >= 11 is 0. The zero-order chi connectivity index (χ0) is 13.3. The maximum atomic E-state index is 12.4. The van der Waals surface area contributed by atoms with Crippen LogP contribution in [-0.2, 0) is 11.0 Å². The van der Waals surface area contributed by atoms with Gasteiger partial charge >= 0.3 is 12.1 Å². The quantitative estimate of drug-likeness (QED) is 0.874. The highest BCUT2D eigenvalue weighted by molar-refractivity contribution is 5.73. The highest BCUT2D eigenvalue weighted by atomic mass is 19.4. The molecular formula is C12H12F3NO2. The van der Waals surface area contributed by atoms with E-state index in [1.807, 2.05) is 0 Å². The largest absolute Gasteiger partial charge is 0.481 e. The molecule has 0 aliphatic heterocycles. The van der Waals surface area contributed by atoms with Gasteiger partial charge in [0.2, 0.25) is 0 Å². The van der Waals surface area contributed by atoms with Crippen molar-refractivity contribution in [1.29, 1.82) is 0 Å². The predicted octanol–water partition coefficient (Wildman–Crippen LogP) is 2.84. The van der Waals surface area contributed by atoms with Crippen molar-refractivity contribution in [2.45, 2.75) is 12.6 Å². The number of carboxylic acids is 1. The number of rotatable bonds is 4. The second-order valence-corrected chi connectivity index (χ2v) is 4.40. The summed E-state index contributed by atoms with van der Waals surface area (Å²) in [7, 11) is 0. The molecule has 1 fully saturated rings. The molecule has 0 saturated heterocycles. The summed E-state index contributed by atoms with van der Waals surface area (Å²) in [5.74, 6) is -1.19. The molecule has 2 atom stereocenters. The van der Waals surface area contributed by atoms with Crippen LogP contribution in [0.2, 0.25) is 0 Å². The molecule has 0 radical (unpaired) electrons. The lowest BCUT2D eigenvalue weighted by molar-refractivity contribution is -0.139. The van der Waals surface area contributed by atoms with Crippen molar-refractivity contribution in [3.05, 3.63) is 29.8 Å². The number of halogens is 3. The van der Waals surface area contributed by atoms with Gasteiger partial charge in [0.15, 0.2) is 0 Å². The minimum absolute atomic E-state index is 0.0112. The van der Waals surface area contributed by atoms with E-state index in [0.29, 0.717) is 18.7 Å². The molecule has 2 N–H and O–H groups in total. The Bertz CT molecular complexity index is 459. The summed E-state index contributed by atoms with van der Waals surface area (Å²) in [6.07, 6.45) is -3.78. The molecule has 1 aromatic rings. The van der Waals surface area contributed by atoms with Crippen LogP contribution in [0.4, 0.5) is 18.9 Å². The van der Waals surface area contributed by atoms with Gasteiger partial charge in [0.25, 0.3) is 0 Å². The Morgan fingerprint density at radius 1 is 1.44 bits per heavy atom. The lowest BCUT2D eigenvalue weighted by Crippen LogP contribution is -2.10. The molecule has 0 spiro atoms. The van der Waals surface area contributed by atoms with E-state index < -0.39 is 17.7 Å². The van der Waals surface area contributed by atoms with Crippen molar-refractivity contribution >= 4 is 11.7 Å². The molecule has 1 saturated carbocycles. The van der Waals surface area contributed by atoms with E-state index >= 15 is 0 Å². The third-order valence-corrected chi connectivity index (χ3v) is 3.00. The smallest absolute Gasteiger partial charge is 0.416 e. The maximum absolute atomic E-state index is 12.4. The highest BCUT2D eigenvalue weighted by Gasteiger charge is 2.42. The van der Waals surface area contributed by atoms with E-state index in [1.54, 1.807) is 0 Å². The molecule has 0 bridgehead atoms. The number of anilines is 1. The van der Waals surface area contributed by atoms with Crippen molar-refractivity contribution in [3.8, 4) is 0 Å². The third-order valence-electron chi connectivity index (χ3n) is 3.00.